The van der Waals surface area contributed by atoms with Crippen molar-refractivity contribution in [2.75, 3.05) is 23.3 Å². The number of aromatic amines is 1. The van der Waals surface area contributed by atoms with Gasteiger partial charge in [0.25, 0.3) is 5.91 Å². The lowest BCUT2D eigenvalue weighted by Gasteiger charge is -2.21. The summed E-state index contributed by atoms with van der Waals surface area (Å²) in [6.45, 7) is 6.20. The predicted octanol–water partition coefficient (Wildman–Crippen LogP) is 3.88. The number of benzene rings is 1. The number of aromatic nitrogens is 1. The van der Waals surface area contributed by atoms with Gasteiger partial charge in [0, 0.05) is 35.1 Å². The van der Waals surface area contributed by atoms with E-state index in [0.29, 0.717) is 5.69 Å². The van der Waals surface area contributed by atoms with Crippen LogP contribution >= 0.6 is 15.9 Å². The van der Waals surface area contributed by atoms with Crippen molar-refractivity contribution >= 4 is 33.2 Å². The van der Waals surface area contributed by atoms with Crippen LogP contribution in [0.4, 0.5) is 11.4 Å². The van der Waals surface area contributed by atoms with Crippen LogP contribution < -0.4 is 10.2 Å². The highest BCUT2D eigenvalue weighted by atomic mass is 79.9. The number of anilines is 2. The van der Waals surface area contributed by atoms with E-state index in [2.05, 4.69) is 45.0 Å². The molecule has 0 radical (unpaired) electrons. The minimum absolute atomic E-state index is 0.147. The fraction of sp³-hybridized carbons (Fsp3) is 0.267. The summed E-state index contributed by atoms with van der Waals surface area (Å²) >= 11 is 3.31. The van der Waals surface area contributed by atoms with Crippen molar-refractivity contribution in [3.63, 3.8) is 0 Å². The van der Waals surface area contributed by atoms with Gasteiger partial charge >= 0.3 is 0 Å². The van der Waals surface area contributed by atoms with E-state index in [1.165, 1.54) is 0 Å². The highest BCUT2D eigenvalue weighted by Crippen LogP contribution is 2.18. The summed E-state index contributed by atoms with van der Waals surface area (Å²) in [6, 6.07) is 9.63. The zero-order valence-corrected chi connectivity index (χ0v) is 13.2. The lowest BCUT2D eigenvalue weighted by atomic mass is 10.2. The molecule has 1 aromatic carbocycles. The van der Waals surface area contributed by atoms with Crippen LogP contribution in [0.3, 0.4) is 0 Å². The monoisotopic (exact) mass is 335 g/mol. The van der Waals surface area contributed by atoms with E-state index in [9.17, 15) is 4.79 Å². The molecule has 4 nitrogen and oxygen atoms in total. The maximum absolute atomic E-state index is 12.0. The Balaban J connectivity index is 2.05. The molecule has 0 atom stereocenters. The van der Waals surface area contributed by atoms with Gasteiger partial charge in [-0.15, -0.1) is 0 Å². The number of hydrogen-bond donors (Lipinski definition) is 2. The first-order valence-electron chi connectivity index (χ1n) is 6.64. The van der Waals surface area contributed by atoms with Gasteiger partial charge in [0.15, 0.2) is 0 Å². The molecule has 1 amide bonds. The first-order valence-corrected chi connectivity index (χ1v) is 7.43. The van der Waals surface area contributed by atoms with Crippen LogP contribution in [-0.4, -0.2) is 24.0 Å². The van der Waals surface area contributed by atoms with Gasteiger partial charge < -0.3 is 15.2 Å². The summed E-state index contributed by atoms with van der Waals surface area (Å²) in [6.07, 6.45) is 1.73. The average molecular weight is 336 g/mol. The standard InChI is InChI=1S/C15H18BrN3O/c1-3-19(4-2)13-7-5-12(6-8-13)18-15(20)14-9-11(16)10-17-14/h5-10,17H,3-4H2,1-2H3,(H,18,20). The molecule has 0 bridgehead atoms. The molecule has 0 saturated carbocycles. The van der Waals surface area contributed by atoms with Gasteiger partial charge in [-0.3, -0.25) is 4.79 Å². The van der Waals surface area contributed by atoms with Crippen molar-refractivity contribution < 1.29 is 4.79 Å². The van der Waals surface area contributed by atoms with E-state index in [1.807, 2.05) is 24.3 Å². The molecule has 0 spiro atoms. The summed E-state index contributed by atoms with van der Waals surface area (Å²) < 4.78 is 0.861. The average Bonchev–Trinajstić information content (AvgIpc) is 2.89. The first-order chi connectivity index (χ1) is 9.63. The third-order valence-electron chi connectivity index (χ3n) is 3.15. The zero-order chi connectivity index (χ0) is 14.5. The van der Waals surface area contributed by atoms with E-state index >= 15 is 0 Å². The Kier molecular flexibility index (Phi) is 4.84. The van der Waals surface area contributed by atoms with Gasteiger partial charge in [-0.1, -0.05) is 0 Å². The summed E-state index contributed by atoms with van der Waals surface area (Å²) in [7, 11) is 0. The van der Waals surface area contributed by atoms with E-state index in [4.69, 9.17) is 0 Å². The van der Waals surface area contributed by atoms with Crippen molar-refractivity contribution in [1.29, 1.82) is 0 Å². The molecule has 2 aromatic rings. The molecule has 0 aliphatic rings. The lowest BCUT2D eigenvalue weighted by molar-refractivity contribution is 0.102. The number of carbonyl (C=O) groups excluding carboxylic acids is 1. The normalized spacial score (nSPS) is 10.3. The van der Waals surface area contributed by atoms with Gasteiger partial charge in [0.2, 0.25) is 0 Å². The van der Waals surface area contributed by atoms with Crippen LogP contribution in [0.15, 0.2) is 41.0 Å². The van der Waals surface area contributed by atoms with Gasteiger partial charge in [-0.2, -0.15) is 0 Å². The Bertz CT molecular complexity index is 573. The number of amides is 1. The SMILES string of the molecule is CCN(CC)c1ccc(NC(=O)c2cc(Br)c[nH]2)cc1. The third-order valence-corrected chi connectivity index (χ3v) is 3.60. The summed E-state index contributed by atoms with van der Waals surface area (Å²) in [5, 5.41) is 2.86. The van der Waals surface area contributed by atoms with E-state index < -0.39 is 0 Å². The van der Waals surface area contributed by atoms with Crippen molar-refractivity contribution in [1.82, 2.24) is 4.98 Å². The number of rotatable bonds is 5. The number of H-pyrrole nitrogens is 1. The summed E-state index contributed by atoms with van der Waals surface area (Å²) in [5.74, 6) is -0.147. The Morgan fingerprint density at radius 1 is 1.25 bits per heavy atom. The molecule has 20 heavy (non-hydrogen) atoms. The number of halogens is 1. The van der Waals surface area contributed by atoms with Crippen LogP contribution in [0.5, 0.6) is 0 Å². The van der Waals surface area contributed by atoms with Crippen molar-refractivity contribution in [3.8, 4) is 0 Å². The highest BCUT2D eigenvalue weighted by molar-refractivity contribution is 9.10. The quantitative estimate of drug-likeness (QED) is 0.871. The van der Waals surface area contributed by atoms with Crippen molar-refractivity contribution in [2.24, 2.45) is 0 Å². The molecule has 2 rings (SSSR count). The lowest BCUT2D eigenvalue weighted by Crippen LogP contribution is -2.21. The zero-order valence-electron chi connectivity index (χ0n) is 11.6. The Hall–Kier alpha value is -1.75. The second-order valence-electron chi connectivity index (χ2n) is 4.40. The smallest absolute Gasteiger partial charge is 0.272 e. The third kappa shape index (κ3) is 3.42. The Morgan fingerprint density at radius 2 is 1.90 bits per heavy atom. The molecule has 0 saturated heterocycles. The maximum atomic E-state index is 12.0. The van der Waals surface area contributed by atoms with Crippen LogP contribution in [-0.2, 0) is 0 Å². The molecule has 1 heterocycles. The maximum Gasteiger partial charge on any atom is 0.272 e. The van der Waals surface area contributed by atoms with Gasteiger partial charge in [0.1, 0.15) is 5.69 Å². The van der Waals surface area contributed by atoms with E-state index in [0.717, 1.165) is 28.9 Å². The summed E-state index contributed by atoms with van der Waals surface area (Å²) in [5.41, 5.74) is 2.48. The van der Waals surface area contributed by atoms with E-state index in [1.54, 1.807) is 12.3 Å². The van der Waals surface area contributed by atoms with Crippen LogP contribution in [0, 0.1) is 0 Å². The van der Waals surface area contributed by atoms with Crippen molar-refractivity contribution in [2.45, 2.75) is 13.8 Å². The fourth-order valence-corrected chi connectivity index (χ4v) is 2.39. The molecule has 106 valence electrons. The van der Waals surface area contributed by atoms with Crippen LogP contribution in [0.2, 0.25) is 0 Å². The first kappa shape index (κ1) is 14.7. The molecule has 0 unspecified atom stereocenters. The van der Waals surface area contributed by atoms with E-state index in [-0.39, 0.29) is 5.91 Å². The van der Waals surface area contributed by atoms with Crippen LogP contribution in [0.25, 0.3) is 0 Å². The fourth-order valence-electron chi connectivity index (χ4n) is 2.04. The number of nitrogens with one attached hydrogen (secondary N) is 2. The molecular formula is C15H18BrN3O. The highest BCUT2D eigenvalue weighted by Gasteiger charge is 2.08. The minimum Gasteiger partial charge on any atom is -0.372 e. The molecule has 0 aliphatic heterocycles. The van der Waals surface area contributed by atoms with Crippen molar-refractivity contribution in [3.05, 3.63) is 46.7 Å². The Labute approximate surface area is 127 Å². The molecule has 1 aromatic heterocycles. The predicted molar refractivity (Wildman–Crippen MR) is 86.4 cm³/mol. The second-order valence-corrected chi connectivity index (χ2v) is 5.32. The molecule has 0 aliphatic carbocycles. The van der Waals surface area contributed by atoms with Gasteiger partial charge in [-0.05, 0) is 60.1 Å². The molecule has 0 fully saturated rings. The summed E-state index contributed by atoms with van der Waals surface area (Å²) in [4.78, 5) is 17.1. The number of carbonyl (C=O) groups is 1. The molecule has 2 N–H and O–H groups in total. The second kappa shape index (κ2) is 6.61. The molecule has 5 heteroatoms. The largest absolute Gasteiger partial charge is 0.372 e. The van der Waals surface area contributed by atoms with Crippen LogP contribution in [0.1, 0.15) is 24.3 Å². The topological polar surface area (TPSA) is 48.1 Å². The number of nitrogens with zero attached hydrogens (tertiary/aromatic N) is 1. The minimum atomic E-state index is -0.147. The number of hydrogen-bond acceptors (Lipinski definition) is 2. The Morgan fingerprint density at radius 3 is 2.40 bits per heavy atom. The molecular weight excluding hydrogens is 318 g/mol. The van der Waals surface area contributed by atoms with Gasteiger partial charge in [0.05, 0.1) is 0 Å². The van der Waals surface area contributed by atoms with Gasteiger partial charge in [-0.25, -0.2) is 0 Å².